The molecule has 2 aromatic carbocycles. The minimum absolute atomic E-state index is 0.103. The van der Waals surface area contributed by atoms with Gasteiger partial charge in [-0.25, -0.2) is 9.37 Å². The normalized spacial score (nSPS) is 10.3. The summed E-state index contributed by atoms with van der Waals surface area (Å²) in [5, 5.41) is 16.8. The summed E-state index contributed by atoms with van der Waals surface area (Å²) >= 11 is 0. The van der Waals surface area contributed by atoms with Crippen LogP contribution in [0.15, 0.2) is 60.8 Å². The van der Waals surface area contributed by atoms with Crippen molar-refractivity contribution in [2.75, 3.05) is 17.2 Å². The van der Waals surface area contributed by atoms with Gasteiger partial charge in [0.15, 0.2) is 5.75 Å². The minimum Gasteiger partial charge on any atom is -0.487 e. The summed E-state index contributed by atoms with van der Waals surface area (Å²) in [5.74, 6) is -0.215. The highest BCUT2D eigenvalue weighted by atomic mass is 19.1. The van der Waals surface area contributed by atoms with Crippen molar-refractivity contribution in [1.29, 1.82) is 0 Å². The molecule has 0 spiro atoms. The molecule has 0 saturated heterocycles. The van der Waals surface area contributed by atoms with Crippen LogP contribution in [0, 0.1) is 15.9 Å². The second-order valence-corrected chi connectivity index (χ2v) is 6.20. The zero-order valence-corrected chi connectivity index (χ0v) is 16.1. The zero-order valence-electron chi connectivity index (χ0n) is 16.1. The molecule has 0 atom stereocenters. The maximum atomic E-state index is 13.6. The van der Waals surface area contributed by atoms with E-state index in [-0.39, 0.29) is 36.0 Å². The van der Waals surface area contributed by atoms with Gasteiger partial charge in [0.1, 0.15) is 11.6 Å². The van der Waals surface area contributed by atoms with E-state index in [9.17, 15) is 19.3 Å². The Hall–Kier alpha value is -4.01. The molecule has 0 fully saturated rings. The van der Waals surface area contributed by atoms with Gasteiger partial charge < -0.3 is 15.4 Å². The largest absolute Gasteiger partial charge is 0.487 e. The van der Waals surface area contributed by atoms with Crippen molar-refractivity contribution in [2.45, 2.75) is 13.5 Å². The number of ether oxygens (including phenoxy) is 1. The van der Waals surface area contributed by atoms with E-state index in [1.165, 1.54) is 24.4 Å². The standard InChI is InChI=1S/C21H19FN4O4/c1-2-30-19-9-7-14(11-18(19)26(28)29)21(27)25-16-8-10-20(24-13-16)23-12-15-5-3-4-6-17(15)22/h3-11,13H,2,12H2,1H3,(H,23,24)(H,25,27). The molecule has 0 aliphatic rings. The Labute approximate surface area is 171 Å². The van der Waals surface area contributed by atoms with Crippen LogP contribution >= 0.6 is 0 Å². The third-order valence-electron chi connectivity index (χ3n) is 4.16. The molecule has 154 valence electrons. The van der Waals surface area contributed by atoms with Crippen LogP contribution in [0.1, 0.15) is 22.8 Å². The number of nitro benzene ring substituents is 1. The predicted molar refractivity (Wildman–Crippen MR) is 110 cm³/mol. The molecule has 0 radical (unpaired) electrons. The number of pyridine rings is 1. The summed E-state index contributed by atoms with van der Waals surface area (Å²) in [5.41, 5.74) is 0.754. The summed E-state index contributed by atoms with van der Waals surface area (Å²) in [4.78, 5) is 27.2. The van der Waals surface area contributed by atoms with Gasteiger partial charge in [0.2, 0.25) is 0 Å². The molecule has 1 aromatic heterocycles. The number of nitrogens with zero attached hydrogens (tertiary/aromatic N) is 2. The number of hydrogen-bond acceptors (Lipinski definition) is 6. The summed E-state index contributed by atoms with van der Waals surface area (Å²) in [6.07, 6.45) is 1.44. The molecule has 0 saturated carbocycles. The van der Waals surface area contributed by atoms with E-state index in [1.54, 1.807) is 37.3 Å². The molecule has 2 N–H and O–H groups in total. The van der Waals surface area contributed by atoms with Crippen molar-refractivity contribution in [1.82, 2.24) is 4.98 Å². The Morgan fingerprint density at radius 1 is 1.20 bits per heavy atom. The van der Waals surface area contributed by atoms with Gasteiger partial charge in [-0.05, 0) is 37.3 Å². The molecule has 0 aliphatic heterocycles. The van der Waals surface area contributed by atoms with Crippen molar-refractivity contribution in [3.8, 4) is 5.75 Å². The van der Waals surface area contributed by atoms with E-state index in [4.69, 9.17) is 4.74 Å². The smallest absolute Gasteiger partial charge is 0.311 e. The van der Waals surface area contributed by atoms with Crippen LogP contribution in [0.25, 0.3) is 0 Å². The first-order chi connectivity index (χ1) is 14.5. The number of amides is 1. The van der Waals surface area contributed by atoms with Gasteiger partial charge in [-0.15, -0.1) is 0 Å². The van der Waals surface area contributed by atoms with Crippen molar-refractivity contribution < 1.29 is 18.8 Å². The van der Waals surface area contributed by atoms with E-state index in [0.717, 1.165) is 6.07 Å². The van der Waals surface area contributed by atoms with Gasteiger partial charge in [0, 0.05) is 23.7 Å². The zero-order chi connectivity index (χ0) is 21.5. The fourth-order valence-electron chi connectivity index (χ4n) is 2.68. The van der Waals surface area contributed by atoms with Crippen molar-refractivity contribution >= 4 is 23.1 Å². The van der Waals surface area contributed by atoms with Crippen molar-refractivity contribution in [2.24, 2.45) is 0 Å². The quantitative estimate of drug-likeness (QED) is 0.421. The lowest BCUT2D eigenvalue weighted by molar-refractivity contribution is -0.385. The van der Waals surface area contributed by atoms with Gasteiger partial charge in [-0.2, -0.15) is 0 Å². The maximum absolute atomic E-state index is 13.6. The molecule has 3 rings (SSSR count). The summed E-state index contributed by atoms with van der Waals surface area (Å²) in [7, 11) is 0. The predicted octanol–water partition coefficient (Wildman–Crippen LogP) is 4.39. The van der Waals surface area contributed by atoms with Crippen molar-refractivity contribution in [3.05, 3.63) is 87.9 Å². The van der Waals surface area contributed by atoms with E-state index in [2.05, 4.69) is 15.6 Å². The third-order valence-corrected chi connectivity index (χ3v) is 4.16. The van der Waals surface area contributed by atoms with E-state index < -0.39 is 10.8 Å². The van der Waals surface area contributed by atoms with E-state index in [0.29, 0.717) is 17.1 Å². The number of hydrogen-bond donors (Lipinski definition) is 2. The van der Waals surface area contributed by atoms with Crippen molar-refractivity contribution in [3.63, 3.8) is 0 Å². The Bertz CT molecular complexity index is 1060. The third kappa shape index (κ3) is 5.07. The van der Waals surface area contributed by atoms with Crippen LogP contribution in [0.3, 0.4) is 0 Å². The lowest BCUT2D eigenvalue weighted by Gasteiger charge is -2.09. The van der Waals surface area contributed by atoms with Gasteiger partial charge >= 0.3 is 5.69 Å². The first-order valence-corrected chi connectivity index (χ1v) is 9.14. The number of rotatable bonds is 8. The second-order valence-electron chi connectivity index (χ2n) is 6.20. The number of carbonyl (C=O) groups is 1. The van der Waals surface area contributed by atoms with Crippen LogP contribution in [0.5, 0.6) is 5.75 Å². The molecule has 30 heavy (non-hydrogen) atoms. The van der Waals surface area contributed by atoms with Gasteiger partial charge in [-0.3, -0.25) is 14.9 Å². The molecule has 9 heteroatoms. The average Bonchev–Trinajstić information content (AvgIpc) is 2.74. The number of nitro groups is 1. The minimum atomic E-state index is -0.598. The first kappa shape index (κ1) is 20.7. The monoisotopic (exact) mass is 410 g/mol. The number of anilines is 2. The summed E-state index contributed by atoms with van der Waals surface area (Å²) in [6, 6.07) is 13.7. The van der Waals surface area contributed by atoms with Crippen LogP contribution in [-0.4, -0.2) is 22.4 Å². The Kier molecular flexibility index (Phi) is 6.53. The molecule has 0 bridgehead atoms. The SMILES string of the molecule is CCOc1ccc(C(=O)Nc2ccc(NCc3ccccc3F)nc2)cc1[N+](=O)[O-]. The fraction of sp³-hybridized carbons (Fsp3) is 0.143. The molecule has 8 nitrogen and oxygen atoms in total. The average molecular weight is 410 g/mol. The molecule has 0 unspecified atom stereocenters. The maximum Gasteiger partial charge on any atom is 0.311 e. The van der Waals surface area contributed by atoms with Crippen LogP contribution in [-0.2, 0) is 6.54 Å². The topological polar surface area (TPSA) is 106 Å². The molecule has 0 aliphatic carbocycles. The lowest BCUT2D eigenvalue weighted by atomic mass is 10.1. The van der Waals surface area contributed by atoms with Crippen LogP contribution < -0.4 is 15.4 Å². The summed E-state index contributed by atoms with van der Waals surface area (Å²) < 4.78 is 18.9. The number of benzene rings is 2. The van der Waals surface area contributed by atoms with Gasteiger partial charge in [0.25, 0.3) is 5.91 Å². The summed E-state index contributed by atoms with van der Waals surface area (Å²) in [6.45, 7) is 2.25. The number of nitrogens with one attached hydrogen (secondary N) is 2. The number of halogens is 1. The lowest BCUT2D eigenvalue weighted by Crippen LogP contribution is -2.13. The molecular weight excluding hydrogens is 391 g/mol. The van der Waals surface area contributed by atoms with E-state index >= 15 is 0 Å². The molecule has 1 amide bonds. The molecule has 1 heterocycles. The molecule has 3 aromatic rings. The van der Waals surface area contributed by atoms with Crippen LogP contribution in [0.2, 0.25) is 0 Å². The highest BCUT2D eigenvalue weighted by Gasteiger charge is 2.18. The van der Waals surface area contributed by atoms with Crippen LogP contribution in [0.4, 0.5) is 21.6 Å². The Morgan fingerprint density at radius 3 is 2.67 bits per heavy atom. The highest BCUT2D eigenvalue weighted by molar-refractivity contribution is 6.04. The Balaban J connectivity index is 1.65. The number of aromatic nitrogens is 1. The fourth-order valence-corrected chi connectivity index (χ4v) is 2.68. The van der Waals surface area contributed by atoms with E-state index in [1.807, 2.05) is 0 Å². The second kappa shape index (κ2) is 9.46. The number of carbonyl (C=O) groups excluding carboxylic acids is 1. The van der Waals surface area contributed by atoms with Gasteiger partial charge in [0.05, 0.1) is 23.4 Å². The molecular formula is C21H19FN4O4. The highest BCUT2D eigenvalue weighted by Crippen LogP contribution is 2.28. The van der Waals surface area contributed by atoms with Gasteiger partial charge in [-0.1, -0.05) is 18.2 Å². The first-order valence-electron chi connectivity index (χ1n) is 9.14. The Morgan fingerprint density at radius 2 is 2.00 bits per heavy atom.